The molecule has 2 aromatic heterocycles. The lowest BCUT2D eigenvalue weighted by molar-refractivity contribution is -0.144. The fourth-order valence-electron chi connectivity index (χ4n) is 2.35. The summed E-state index contributed by atoms with van der Waals surface area (Å²) in [5.41, 5.74) is -0.886. The standard InChI is InChI=1S/C16H13F3N4O4S2/c1-27-13(24)8-23-11(7-12(21-23)16(17,18)19)14-20-15(28-22-14)9-4-3-5-10(6-9)29(2,25)26/h3-7H,8H2,1-2H3. The molecule has 0 fully saturated rings. The Hall–Kier alpha value is -2.80. The van der Waals surface area contributed by atoms with Crippen LogP contribution in [0.1, 0.15) is 5.69 Å². The van der Waals surface area contributed by atoms with Crippen LogP contribution in [-0.4, -0.2) is 46.9 Å². The molecule has 0 N–H and O–H groups in total. The first-order valence-corrected chi connectivity index (χ1v) is 10.5. The molecule has 0 bridgehead atoms. The summed E-state index contributed by atoms with van der Waals surface area (Å²) in [4.78, 5) is 15.8. The Labute approximate surface area is 167 Å². The van der Waals surface area contributed by atoms with Crippen LogP contribution in [0.4, 0.5) is 13.2 Å². The normalized spacial score (nSPS) is 12.2. The van der Waals surface area contributed by atoms with Crippen molar-refractivity contribution in [3.63, 3.8) is 0 Å². The number of carbonyl (C=O) groups is 1. The van der Waals surface area contributed by atoms with Gasteiger partial charge in [-0.3, -0.25) is 4.79 Å². The van der Waals surface area contributed by atoms with E-state index in [4.69, 9.17) is 0 Å². The van der Waals surface area contributed by atoms with Gasteiger partial charge in [-0.05, 0) is 29.7 Å². The second kappa shape index (κ2) is 7.55. The molecule has 0 amide bonds. The molecule has 0 unspecified atom stereocenters. The minimum Gasteiger partial charge on any atom is -0.468 e. The molecule has 0 saturated heterocycles. The number of hydrogen-bond donors (Lipinski definition) is 0. The minimum absolute atomic E-state index is 0.0711. The van der Waals surface area contributed by atoms with Crippen molar-refractivity contribution < 1.29 is 31.1 Å². The zero-order valence-electron chi connectivity index (χ0n) is 15.0. The van der Waals surface area contributed by atoms with E-state index in [2.05, 4.69) is 19.2 Å². The molecule has 154 valence electrons. The number of halogens is 3. The highest BCUT2D eigenvalue weighted by Crippen LogP contribution is 2.33. The third-order valence-corrected chi connectivity index (χ3v) is 5.62. The molecule has 29 heavy (non-hydrogen) atoms. The molecule has 0 aliphatic heterocycles. The van der Waals surface area contributed by atoms with Crippen molar-refractivity contribution in [1.29, 1.82) is 0 Å². The van der Waals surface area contributed by atoms with E-state index < -0.39 is 34.2 Å². The van der Waals surface area contributed by atoms with E-state index in [1.165, 1.54) is 18.2 Å². The van der Waals surface area contributed by atoms with Crippen LogP contribution in [0.15, 0.2) is 35.2 Å². The highest BCUT2D eigenvalue weighted by atomic mass is 32.2. The molecule has 0 aliphatic carbocycles. The summed E-state index contributed by atoms with van der Waals surface area (Å²) in [6, 6.07) is 6.68. The molecular weight excluding hydrogens is 433 g/mol. The van der Waals surface area contributed by atoms with Crippen molar-refractivity contribution in [2.45, 2.75) is 17.6 Å². The molecule has 3 aromatic rings. The molecule has 0 aliphatic rings. The van der Waals surface area contributed by atoms with Crippen LogP contribution < -0.4 is 0 Å². The maximum absolute atomic E-state index is 13.1. The maximum atomic E-state index is 13.1. The van der Waals surface area contributed by atoms with Gasteiger partial charge in [0, 0.05) is 11.8 Å². The molecule has 0 spiro atoms. The predicted octanol–water partition coefficient (Wildman–Crippen LogP) is 2.66. The van der Waals surface area contributed by atoms with E-state index in [0.717, 1.165) is 35.6 Å². The van der Waals surface area contributed by atoms with Crippen molar-refractivity contribution >= 4 is 27.3 Å². The van der Waals surface area contributed by atoms with Crippen molar-refractivity contribution in [3.05, 3.63) is 36.0 Å². The van der Waals surface area contributed by atoms with E-state index >= 15 is 0 Å². The van der Waals surface area contributed by atoms with Crippen molar-refractivity contribution in [2.75, 3.05) is 13.4 Å². The molecule has 1 aromatic carbocycles. The van der Waals surface area contributed by atoms with Crippen molar-refractivity contribution in [1.82, 2.24) is 19.1 Å². The second-order valence-electron chi connectivity index (χ2n) is 5.87. The highest BCUT2D eigenvalue weighted by Gasteiger charge is 2.36. The first-order valence-electron chi connectivity index (χ1n) is 7.85. The number of aromatic nitrogens is 4. The largest absolute Gasteiger partial charge is 0.468 e. The summed E-state index contributed by atoms with van der Waals surface area (Å²) in [6.07, 6.45) is -3.67. The average Bonchev–Trinajstić information content (AvgIpc) is 3.27. The Morgan fingerprint density at radius 2 is 2.00 bits per heavy atom. The number of rotatable bonds is 5. The molecular formula is C16H13F3N4O4S2. The smallest absolute Gasteiger partial charge is 0.435 e. The summed E-state index contributed by atoms with van der Waals surface area (Å²) < 4.78 is 71.9. The van der Waals surface area contributed by atoms with Gasteiger partial charge < -0.3 is 4.74 Å². The quantitative estimate of drug-likeness (QED) is 0.555. The fraction of sp³-hybridized carbons (Fsp3) is 0.250. The molecule has 0 radical (unpaired) electrons. The number of ether oxygens (including phenoxy) is 1. The maximum Gasteiger partial charge on any atom is 0.435 e. The zero-order chi connectivity index (χ0) is 21.4. The Morgan fingerprint density at radius 1 is 1.28 bits per heavy atom. The summed E-state index contributed by atoms with van der Waals surface area (Å²) in [5, 5.41) is 3.71. The lowest BCUT2D eigenvalue weighted by Crippen LogP contribution is -2.15. The third kappa shape index (κ3) is 4.62. The average molecular weight is 446 g/mol. The molecule has 13 heteroatoms. The number of nitrogens with zero attached hydrogens (tertiary/aromatic N) is 4. The Kier molecular flexibility index (Phi) is 5.45. The molecule has 2 heterocycles. The summed E-state index contributed by atoms with van der Waals surface area (Å²) >= 11 is 0.872. The fourth-order valence-corrected chi connectivity index (χ4v) is 3.68. The van der Waals surface area contributed by atoms with Gasteiger partial charge in [0.05, 0.1) is 12.0 Å². The topological polar surface area (TPSA) is 104 Å². The number of esters is 1. The van der Waals surface area contributed by atoms with Crippen LogP contribution in [0.5, 0.6) is 0 Å². The van der Waals surface area contributed by atoms with Crippen LogP contribution in [0.2, 0.25) is 0 Å². The van der Waals surface area contributed by atoms with Gasteiger partial charge in [-0.2, -0.15) is 22.6 Å². The minimum atomic E-state index is -4.72. The van der Waals surface area contributed by atoms with Crippen LogP contribution in [0.25, 0.3) is 22.1 Å². The SMILES string of the molecule is COC(=O)Cn1nc(C(F)(F)F)cc1-c1nsc(-c2cccc(S(C)(=O)=O)c2)n1. The molecule has 0 saturated carbocycles. The molecule has 8 nitrogen and oxygen atoms in total. The number of sulfone groups is 1. The van der Waals surface area contributed by atoms with Crippen LogP contribution in [-0.2, 0) is 32.1 Å². The first-order chi connectivity index (χ1) is 13.5. The van der Waals surface area contributed by atoms with E-state index in [1.54, 1.807) is 6.07 Å². The van der Waals surface area contributed by atoms with Crippen LogP contribution in [0, 0.1) is 0 Å². The third-order valence-electron chi connectivity index (χ3n) is 3.74. The van der Waals surface area contributed by atoms with E-state index in [1.807, 2.05) is 0 Å². The Balaban J connectivity index is 2.04. The van der Waals surface area contributed by atoms with E-state index in [-0.39, 0.29) is 16.4 Å². The van der Waals surface area contributed by atoms with Gasteiger partial charge in [-0.1, -0.05) is 12.1 Å². The molecule has 3 rings (SSSR count). The Morgan fingerprint density at radius 3 is 2.62 bits per heavy atom. The van der Waals surface area contributed by atoms with E-state index in [9.17, 15) is 26.4 Å². The van der Waals surface area contributed by atoms with Crippen LogP contribution in [0.3, 0.4) is 0 Å². The monoisotopic (exact) mass is 446 g/mol. The van der Waals surface area contributed by atoms with Gasteiger partial charge in [0.2, 0.25) is 0 Å². The lowest BCUT2D eigenvalue weighted by Gasteiger charge is -2.03. The predicted molar refractivity (Wildman–Crippen MR) is 96.7 cm³/mol. The van der Waals surface area contributed by atoms with Crippen molar-refractivity contribution in [2.24, 2.45) is 0 Å². The van der Waals surface area contributed by atoms with Gasteiger partial charge in [-0.15, -0.1) is 0 Å². The Bertz CT molecular complexity index is 1170. The number of alkyl halides is 3. The highest BCUT2D eigenvalue weighted by molar-refractivity contribution is 7.90. The van der Waals surface area contributed by atoms with Gasteiger partial charge in [-0.25, -0.2) is 18.1 Å². The number of methoxy groups -OCH3 is 1. The van der Waals surface area contributed by atoms with Gasteiger partial charge >= 0.3 is 12.1 Å². The molecule has 0 atom stereocenters. The summed E-state index contributed by atoms with van der Waals surface area (Å²) in [6.45, 7) is -0.556. The number of carbonyl (C=O) groups excluding carboxylic acids is 1. The van der Waals surface area contributed by atoms with Gasteiger partial charge in [0.1, 0.15) is 17.2 Å². The first kappa shape index (κ1) is 20.9. The summed E-state index contributed by atoms with van der Waals surface area (Å²) in [5.74, 6) is -0.874. The van der Waals surface area contributed by atoms with Gasteiger partial charge in [0.25, 0.3) is 0 Å². The van der Waals surface area contributed by atoms with Crippen molar-refractivity contribution in [3.8, 4) is 22.1 Å². The zero-order valence-corrected chi connectivity index (χ0v) is 16.6. The van der Waals surface area contributed by atoms with Gasteiger partial charge in [0.15, 0.2) is 21.4 Å². The number of hydrogen-bond acceptors (Lipinski definition) is 8. The van der Waals surface area contributed by atoms with E-state index in [0.29, 0.717) is 10.6 Å². The second-order valence-corrected chi connectivity index (χ2v) is 8.64. The summed E-state index contributed by atoms with van der Waals surface area (Å²) in [7, 11) is -2.35. The lowest BCUT2D eigenvalue weighted by atomic mass is 10.2. The number of benzene rings is 1. The van der Waals surface area contributed by atoms with Crippen LogP contribution >= 0.6 is 11.5 Å².